The van der Waals surface area contributed by atoms with Crippen molar-refractivity contribution in [3.8, 4) is 0 Å². The first-order chi connectivity index (χ1) is 11.9. The monoisotopic (exact) mass is 355 g/mol. The predicted molar refractivity (Wildman–Crippen MR) is 99.1 cm³/mol. The van der Waals surface area contributed by atoms with Crippen LogP contribution in [-0.4, -0.2) is 24.6 Å². The number of guanidine groups is 1. The van der Waals surface area contributed by atoms with Gasteiger partial charge in [-0.2, -0.15) is 5.10 Å². The molecule has 7 nitrogen and oxygen atoms in total. The molecule has 2 aromatic carbocycles. The summed E-state index contributed by atoms with van der Waals surface area (Å²) in [5.74, 6) is -0.174. The average Bonchev–Trinajstić information content (AvgIpc) is 2.95. The van der Waals surface area contributed by atoms with Crippen LogP contribution in [0.25, 0.3) is 10.9 Å². The van der Waals surface area contributed by atoms with Crippen LogP contribution in [0, 0.1) is 6.92 Å². The number of para-hydroxylation sites is 1. The highest BCUT2D eigenvalue weighted by Crippen LogP contribution is 2.25. The lowest BCUT2D eigenvalue weighted by Crippen LogP contribution is -2.21. The number of fused-ring (bicyclic) bond motifs is 1. The van der Waals surface area contributed by atoms with E-state index in [1.807, 2.05) is 19.1 Å². The van der Waals surface area contributed by atoms with Crippen molar-refractivity contribution in [2.24, 2.45) is 21.7 Å². The molecule has 25 heavy (non-hydrogen) atoms. The maximum Gasteiger partial charge on any atom is 0.268 e. The van der Waals surface area contributed by atoms with Crippen LogP contribution in [0.5, 0.6) is 0 Å². The highest BCUT2D eigenvalue weighted by molar-refractivity contribution is 7.90. The quantitative estimate of drug-likeness (QED) is 0.421. The van der Waals surface area contributed by atoms with Gasteiger partial charge in [-0.1, -0.05) is 35.9 Å². The summed E-state index contributed by atoms with van der Waals surface area (Å²) >= 11 is 0. The highest BCUT2D eigenvalue weighted by atomic mass is 32.2. The highest BCUT2D eigenvalue weighted by Gasteiger charge is 2.20. The molecule has 0 aliphatic rings. The first-order valence-electron chi connectivity index (χ1n) is 7.44. The van der Waals surface area contributed by atoms with Crippen LogP contribution in [0.4, 0.5) is 0 Å². The van der Waals surface area contributed by atoms with E-state index in [0.717, 1.165) is 10.9 Å². The second-order valence-electron chi connectivity index (χ2n) is 5.48. The van der Waals surface area contributed by atoms with Crippen LogP contribution in [-0.2, 0) is 10.0 Å². The fourth-order valence-electron chi connectivity index (χ4n) is 2.46. The van der Waals surface area contributed by atoms with E-state index in [4.69, 9.17) is 11.5 Å². The van der Waals surface area contributed by atoms with Crippen molar-refractivity contribution in [3.05, 3.63) is 65.9 Å². The molecule has 128 valence electrons. The predicted octanol–water partition coefficient (Wildman–Crippen LogP) is 1.79. The van der Waals surface area contributed by atoms with Crippen LogP contribution >= 0.6 is 0 Å². The van der Waals surface area contributed by atoms with Gasteiger partial charge in [0.25, 0.3) is 10.0 Å². The van der Waals surface area contributed by atoms with Gasteiger partial charge in [0.05, 0.1) is 16.6 Å². The van der Waals surface area contributed by atoms with Crippen molar-refractivity contribution >= 4 is 33.1 Å². The summed E-state index contributed by atoms with van der Waals surface area (Å²) in [5, 5.41) is 8.05. The summed E-state index contributed by atoms with van der Waals surface area (Å²) in [6.07, 6.45) is 2.93. The molecule has 0 unspecified atom stereocenters. The normalized spacial score (nSPS) is 11.9. The lowest BCUT2D eigenvalue weighted by molar-refractivity contribution is 0.589. The SMILES string of the molecule is Cc1ccc(S(=O)(=O)n2cc(/C=N\N=C(N)N)c3ccccc32)cc1. The van der Waals surface area contributed by atoms with Crippen molar-refractivity contribution in [2.45, 2.75) is 11.8 Å². The van der Waals surface area contributed by atoms with Gasteiger partial charge >= 0.3 is 0 Å². The van der Waals surface area contributed by atoms with Crippen LogP contribution in [0.1, 0.15) is 11.1 Å². The van der Waals surface area contributed by atoms with Gasteiger partial charge in [-0.25, -0.2) is 12.4 Å². The van der Waals surface area contributed by atoms with Gasteiger partial charge in [0.15, 0.2) is 0 Å². The molecule has 0 fully saturated rings. The van der Waals surface area contributed by atoms with Gasteiger partial charge in [0.1, 0.15) is 0 Å². The minimum Gasteiger partial charge on any atom is -0.369 e. The molecule has 0 aliphatic carbocycles. The van der Waals surface area contributed by atoms with Crippen LogP contribution < -0.4 is 11.5 Å². The first kappa shape index (κ1) is 16.7. The Kier molecular flexibility index (Phi) is 4.28. The van der Waals surface area contributed by atoms with Gasteiger partial charge in [-0.15, -0.1) is 5.10 Å². The van der Waals surface area contributed by atoms with Crippen LogP contribution in [0.15, 0.2) is 69.8 Å². The summed E-state index contributed by atoms with van der Waals surface area (Å²) in [7, 11) is -3.73. The van der Waals surface area contributed by atoms with Crippen LogP contribution in [0.3, 0.4) is 0 Å². The number of hydrogen-bond donors (Lipinski definition) is 2. The summed E-state index contributed by atoms with van der Waals surface area (Å²) < 4.78 is 27.3. The number of aromatic nitrogens is 1. The molecule has 1 heterocycles. The molecule has 1 aromatic heterocycles. The van der Waals surface area contributed by atoms with Gasteiger partial charge < -0.3 is 11.5 Å². The maximum absolute atomic E-state index is 13.0. The molecule has 0 atom stereocenters. The third kappa shape index (κ3) is 3.24. The van der Waals surface area contributed by atoms with Crippen LogP contribution in [0.2, 0.25) is 0 Å². The van der Waals surface area contributed by atoms with Crippen molar-refractivity contribution < 1.29 is 8.42 Å². The van der Waals surface area contributed by atoms with Crippen molar-refractivity contribution in [1.29, 1.82) is 0 Å². The number of benzene rings is 2. The standard InChI is InChI=1S/C17H17N5O2S/c1-12-6-8-14(9-7-12)25(23,24)22-11-13(10-20-21-17(18)19)15-4-2-3-5-16(15)22/h2-11H,1H3,(H4,18,19,21)/b20-10-. The lowest BCUT2D eigenvalue weighted by Gasteiger charge is -2.07. The molecule has 4 N–H and O–H groups in total. The third-order valence-corrected chi connectivity index (χ3v) is 5.34. The Bertz CT molecular complexity index is 1080. The number of hydrogen-bond acceptors (Lipinski definition) is 4. The third-order valence-electron chi connectivity index (χ3n) is 3.66. The largest absolute Gasteiger partial charge is 0.369 e. The zero-order valence-electron chi connectivity index (χ0n) is 13.5. The number of nitrogens with two attached hydrogens (primary N) is 2. The Morgan fingerprint density at radius 2 is 1.76 bits per heavy atom. The number of nitrogens with zero attached hydrogens (tertiary/aromatic N) is 3. The topological polar surface area (TPSA) is 116 Å². The van der Waals surface area contributed by atoms with E-state index in [1.165, 1.54) is 16.4 Å². The molecule has 0 radical (unpaired) electrons. The first-order valence-corrected chi connectivity index (χ1v) is 8.88. The van der Waals surface area contributed by atoms with Crippen molar-refractivity contribution in [3.63, 3.8) is 0 Å². The second-order valence-corrected chi connectivity index (χ2v) is 7.30. The Morgan fingerprint density at radius 1 is 1.08 bits per heavy atom. The van der Waals surface area contributed by atoms with Gasteiger partial charge in [-0.3, -0.25) is 0 Å². The zero-order chi connectivity index (χ0) is 18.0. The minimum absolute atomic E-state index is 0.174. The molecular formula is C17H17N5O2S. The minimum atomic E-state index is -3.73. The Balaban J connectivity index is 2.18. The Labute approximate surface area is 145 Å². The molecule has 0 bridgehead atoms. The molecule has 8 heteroatoms. The van der Waals surface area contributed by atoms with E-state index in [1.54, 1.807) is 36.4 Å². The lowest BCUT2D eigenvalue weighted by atomic mass is 10.2. The average molecular weight is 355 g/mol. The fraction of sp³-hybridized carbons (Fsp3) is 0.0588. The molecule has 0 spiro atoms. The number of rotatable bonds is 4. The van der Waals surface area contributed by atoms with E-state index < -0.39 is 10.0 Å². The summed E-state index contributed by atoms with van der Waals surface area (Å²) in [6.45, 7) is 1.90. The summed E-state index contributed by atoms with van der Waals surface area (Å²) in [6, 6.07) is 13.9. The van der Waals surface area contributed by atoms with E-state index in [0.29, 0.717) is 11.1 Å². The maximum atomic E-state index is 13.0. The molecule has 3 rings (SSSR count). The Hall–Kier alpha value is -3.13. The second kappa shape index (κ2) is 6.40. The van der Waals surface area contributed by atoms with Crippen molar-refractivity contribution in [1.82, 2.24) is 3.97 Å². The van der Waals surface area contributed by atoms with Gasteiger partial charge in [0, 0.05) is 17.1 Å². The molecule has 0 aliphatic heterocycles. The van der Waals surface area contributed by atoms with E-state index in [9.17, 15) is 8.42 Å². The van der Waals surface area contributed by atoms with E-state index >= 15 is 0 Å². The summed E-state index contributed by atoms with van der Waals surface area (Å²) in [4.78, 5) is 0.214. The van der Waals surface area contributed by atoms with Gasteiger partial charge in [0.2, 0.25) is 5.96 Å². The van der Waals surface area contributed by atoms with Gasteiger partial charge in [-0.05, 0) is 25.1 Å². The van der Waals surface area contributed by atoms with E-state index in [2.05, 4.69) is 10.2 Å². The molecule has 0 amide bonds. The summed E-state index contributed by atoms with van der Waals surface area (Å²) in [5.41, 5.74) is 12.6. The smallest absolute Gasteiger partial charge is 0.268 e. The van der Waals surface area contributed by atoms with E-state index in [-0.39, 0.29) is 10.9 Å². The van der Waals surface area contributed by atoms with Crippen molar-refractivity contribution in [2.75, 3.05) is 0 Å². The molecule has 0 saturated heterocycles. The Morgan fingerprint density at radius 3 is 2.44 bits per heavy atom. The molecule has 3 aromatic rings. The fourth-order valence-corrected chi connectivity index (χ4v) is 3.84. The molecular weight excluding hydrogens is 338 g/mol. The zero-order valence-corrected chi connectivity index (χ0v) is 14.3. The number of aryl methyl sites for hydroxylation is 1. The molecule has 0 saturated carbocycles.